The zero-order chi connectivity index (χ0) is 18.4. The Morgan fingerprint density at radius 1 is 1.00 bits per heavy atom. The molecule has 0 aliphatic carbocycles. The van der Waals surface area contributed by atoms with Gasteiger partial charge in [-0.05, 0) is 37.0 Å². The second-order valence-corrected chi connectivity index (χ2v) is 6.70. The smallest absolute Gasteiger partial charge is 0.253 e. The van der Waals surface area contributed by atoms with Crippen LogP contribution in [0.3, 0.4) is 0 Å². The molecule has 136 valence electrons. The number of hydrogen-bond donors (Lipinski definition) is 2. The molecule has 0 aromatic heterocycles. The van der Waals surface area contributed by atoms with Gasteiger partial charge in [-0.1, -0.05) is 42.5 Å². The summed E-state index contributed by atoms with van der Waals surface area (Å²) in [5.41, 5.74) is 8.03. The number of hydrogen-bond acceptors (Lipinski definition) is 3. The number of aryl methyl sites for hydroxylation is 1. The van der Waals surface area contributed by atoms with Gasteiger partial charge in [0.25, 0.3) is 5.91 Å². The highest BCUT2D eigenvalue weighted by atomic mass is 16.2. The molecule has 0 atom stereocenters. The molecule has 1 saturated heterocycles. The fraction of sp³-hybridized carbons (Fsp3) is 0.333. The number of piperidine rings is 1. The van der Waals surface area contributed by atoms with Gasteiger partial charge in [-0.3, -0.25) is 9.59 Å². The molecule has 5 heteroatoms. The Bertz CT molecular complexity index is 753. The second kappa shape index (κ2) is 8.52. The van der Waals surface area contributed by atoms with E-state index in [2.05, 4.69) is 5.32 Å². The molecule has 0 spiro atoms. The number of rotatable bonds is 5. The van der Waals surface area contributed by atoms with Crippen molar-refractivity contribution in [2.75, 3.05) is 18.8 Å². The fourth-order valence-corrected chi connectivity index (χ4v) is 3.29. The van der Waals surface area contributed by atoms with Crippen molar-refractivity contribution in [1.29, 1.82) is 0 Å². The SMILES string of the molecule is Nc1ccccc1C(=O)NC1CCN(C(=O)CCc2ccccc2)CC1. The number of amides is 2. The molecule has 0 radical (unpaired) electrons. The van der Waals surface area contributed by atoms with Crippen LogP contribution in [-0.4, -0.2) is 35.8 Å². The Morgan fingerprint density at radius 2 is 1.65 bits per heavy atom. The van der Waals surface area contributed by atoms with Crippen molar-refractivity contribution in [3.05, 3.63) is 65.7 Å². The first-order valence-electron chi connectivity index (χ1n) is 9.10. The first kappa shape index (κ1) is 18.0. The van der Waals surface area contributed by atoms with Gasteiger partial charge >= 0.3 is 0 Å². The second-order valence-electron chi connectivity index (χ2n) is 6.70. The van der Waals surface area contributed by atoms with Crippen molar-refractivity contribution in [1.82, 2.24) is 10.2 Å². The zero-order valence-electron chi connectivity index (χ0n) is 14.9. The molecule has 2 amide bonds. The van der Waals surface area contributed by atoms with Crippen LogP contribution in [0.1, 0.15) is 35.2 Å². The van der Waals surface area contributed by atoms with E-state index in [9.17, 15) is 9.59 Å². The van der Waals surface area contributed by atoms with Crippen molar-refractivity contribution >= 4 is 17.5 Å². The summed E-state index contributed by atoms with van der Waals surface area (Å²) in [5.74, 6) is 0.0443. The highest BCUT2D eigenvalue weighted by Crippen LogP contribution is 2.15. The Balaban J connectivity index is 1.44. The van der Waals surface area contributed by atoms with Crippen molar-refractivity contribution in [3.63, 3.8) is 0 Å². The van der Waals surface area contributed by atoms with E-state index in [1.165, 1.54) is 5.56 Å². The minimum absolute atomic E-state index is 0.0836. The number of carbonyl (C=O) groups is 2. The van der Waals surface area contributed by atoms with Crippen LogP contribution in [0.25, 0.3) is 0 Å². The number of anilines is 1. The summed E-state index contributed by atoms with van der Waals surface area (Å²) in [7, 11) is 0. The quantitative estimate of drug-likeness (QED) is 0.813. The third-order valence-electron chi connectivity index (χ3n) is 4.86. The van der Waals surface area contributed by atoms with E-state index in [0.717, 1.165) is 19.3 Å². The standard InChI is InChI=1S/C21H25N3O2/c22-19-9-5-4-8-18(19)21(26)23-17-12-14-24(15-13-17)20(25)11-10-16-6-2-1-3-7-16/h1-9,17H,10-15,22H2,(H,23,26). The normalized spacial score (nSPS) is 14.8. The number of nitrogens with one attached hydrogen (secondary N) is 1. The van der Waals surface area contributed by atoms with Crippen LogP contribution in [-0.2, 0) is 11.2 Å². The maximum atomic E-state index is 12.4. The first-order chi connectivity index (χ1) is 12.6. The molecule has 5 nitrogen and oxygen atoms in total. The zero-order valence-corrected chi connectivity index (χ0v) is 14.9. The van der Waals surface area contributed by atoms with Gasteiger partial charge in [-0.15, -0.1) is 0 Å². The van der Waals surface area contributed by atoms with Crippen molar-refractivity contribution < 1.29 is 9.59 Å². The van der Waals surface area contributed by atoms with Gasteiger partial charge < -0.3 is 16.0 Å². The average Bonchev–Trinajstić information content (AvgIpc) is 2.68. The molecule has 2 aromatic rings. The molecule has 2 aromatic carbocycles. The average molecular weight is 351 g/mol. The van der Waals surface area contributed by atoms with Gasteiger partial charge in [-0.25, -0.2) is 0 Å². The van der Waals surface area contributed by atoms with Crippen molar-refractivity contribution in [2.45, 2.75) is 31.7 Å². The Morgan fingerprint density at radius 3 is 2.35 bits per heavy atom. The van der Waals surface area contributed by atoms with Crippen LogP contribution in [0, 0.1) is 0 Å². The lowest BCUT2D eigenvalue weighted by molar-refractivity contribution is -0.132. The van der Waals surface area contributed by atoms with Crippen LogP contribution in [0.15, 0.2) is 54.6 Å². The van der Waals surface area contributed by atoms with Crippen LogP contribution in [0.4, 0.5) is 5.69 Å². The van der Waals surface area contributed by atoms with E-state index < -0.39 is 0 Å². The number of benzene rings is 2. The Labute approximate surface area is 154 Å². The van der Waals surface area contributed by atoms with Crippen LogP contribution < -0.4 is 11.1 Å². The highest BCUT2D eigenvalue weighted by molar-refractivity contribution is 5.99. The summed E-state index contributed by atoms with van der Waals surface area (Å²) in [6, 6.07) is 17.2. The highest BCUT2D eigenvalue weighted by Gasteiger charge is 2.24. The largest absolute Gasteiger partial charge is 0.398 e. The third-order valence-corrected chi connectivity index (χ3v) is 4.86. The molecule has 1 heterocycles. The molecule has 0 unspecified atom stereocenters. The lowest BCUT2D eigenvalue weighted by atomic mass is 10.0. The summed E-state index contributed by atoms with van der Waals surface area (Å²) in [6.45, 7) is 1.37. The van der Waals surface area contributed by atoms with Gasteiger partial charge in [0.05, 0.1) is 5.56 Å². The molecular weight excluding hydrogens is 326 g/mol. The number of carbonyl (C=O) groups excluding carboxylic acids is 2. The molecular formula is C21H25N3O2. The topological polar surface area (TPSA) is 75.4 Å². The first-order valence-corrected chi connectivity index (χ1v) is 9.10. The number of nitrogens with two attached hydrogens (primary N) is 1. The van der Waals surface area contributed by atoms with E-state index in [4.69, 9.17) is 5.73 Å². The Kier molecular flexibility index (Phi) is 5.89. The monoisotopic (exact) mass is 351 g/mol. The molecule has 1 fully saturated rings. The number of para-hydroxylation sites is 1. The number of likely N-dealkylation sites (tertiary alicyclic amines) is 1. The minimum atomic E-state index is -0.142. The third kappa shape index (κ3) is 4.63. The van der Waals surface area contributed by atoms with Crippen LogP contribution in [0.5, 0.6) is 0 Å². The molecule has 1 aliphatic rings. The molecule has 0 saturated carbocycles. The molecule has 3 rings (SSSR count). The summed E-state index contributed by atoms with van der Waals surface area (Å²) >= 11 is 0. The fourth-order valence-electron chi connectivity index (χ4n) is 3.29. The van der Waals surface area contributed by atoms with E-state index >= 15 is 0 Å². The molecule has 3 N–H and O–H groups in total. The predicted octanol–water partition coefficient (Wildman–Crippen LogP) is 2.62. The van der Waals surface area contributed by atoms with Crippen LogP contribution >= 0.6 is 0 Å². The van der Waals surface area contributed by atoms with Crippen molar-refractivity contribution in [2.24, 2.45) is 0 Å². The van der Waals surface area contributed by atoms with E-state index in [-0.39, 0.29) is 17.9 Å². The van der Waals surface area contributed by atoms with E-state index in [1.54, 1.807) is 18.2 Å². The summed E-state index contributed by atoms with van der Waals surface area (Å²) < 4.78 is 0. The number of nitrogens with zero attached hydrogens (tertiary/aromatic N) is 1. The minimum Gasteiger partial charge on any atom is -0.398 e. The lowest BCUT2D eigenvalue weighted by Gasteiger charge is -2.32. The van der Waals surface area contributed by atoms with E-state index in [0.29, 0.717) is 30.8 Å². The van der Waals surface area contributed by atoms with E-state index in [1.807, 2.05) is 41.3 Å². The molecule has 1 aliphatic heterocycles. The Hall–Kier alpha value is -2.82. The maximum Gasteiger partial charge on any atom is 0.253 e. The summed E-state index contributed by atoms with van der Waals surface area (Å²) in [4.78, 5) is 26.6. The molecule has 26 heavy (non-hydrogen) atoms. The molecule has 0 bridgehead atoms. The lowest BCUT2D eigenvalue weighted by Crippen LogP contribution is -2.46. The summed E-state index contributed by atoms with van der Waals surface area (Å²) in [5, 5.41) is 3.04. The van der Waals surface area contributed by atoms with Gasteiger partial charge in [0.1, 0.15) is 0 Å². The number of nitrogen functional groups attached to an aromatic ring is 1. The van der Waals surface area contributed by atoms with Gasteiger partial charge in [0.15, 0.2) is 0 Å². The summed E-state index contributed by atoms with van der Waals surface area (Å²) in [6.07, 6.45) is 2.84. The predicted molar refractivity (Wildman–Crippen MR) is 103 cm³/mol. The van der Waals surface area contributed by atoms with Gasteiger partial charge in [0, 0.05) is 31.2 Å². The van der Waals surface area contributed by atoms with Crippen LogP contribution in [0.2, 0.25) is 0 Å². The van der Waals surface area contributed by atoms with Crippen molar-refractivity contribution in [3.8, 4) is 0 Å². The maximum absolute atomic E-state index is 12.4. The van der Waals surface area contributed by atoms with Gasteiger partial charge in [0.2, 0.25) is 5.91 Å². The van der Waals surface area contributed by atoms with Gasteiger partial charge in [-0.2, -0.15) is 0 Å².